The lowest BCUT2D eigenvalue weighted by Crippen LogP contribution is -2.35. The lowest BCUT2D eigenvalue weighted by Gasteiger charge is -2.43. The summed E-state index contributed by atoms with van der Waals surface area (Å²) in [6, 6.07) is 7.41. The summed E-state index contributed by atoms with van der Waals surface area (Å²) in [6.07, 6.45) is 2.28. The van der Waals surface area contributed by atoms with E-state index in [4.69, 9.17) is 9.15 Å². The highest BCUT2D eigenvalue weighted by atomic mass is 16.6. The van der Waals surface area contributed by atoms with Crippen molar-refractivity contribution >= 4 is 22.8 Å². The van der Waals surface area contributed by atoms with Crippen molar-refractivity contribution < 1.29 is 13.9 Å². The molecule has 0 fully saturated rings. The molecule has 0 spiro atoms. The Morgan fingerprint density at radius 1 is 1.03 bits per heavy atom. The molecule has 0 atom stereocenters. The first-order valence-electron chi connectivity index (χ1n) is 13.1. The summed E-state index contributed by atoms with van der Waals surface area (Å²) < 4.78 is 13.8. The van der Waals surface area contributed by atoms with Gasteiger partial charge in [-0.25, -0.2) is 4.98 Å². The van der Waals surface area contributed by atoms with Gasteiger partial charge in [-0.3, -0.25) is 20.3 Å². The maximum Gasteiger partial charge on any atom is 0.305 e. The number of nitrogens with one attached hydrogen (secondary N) is 2. The minimum atomic E-state index is -0.428. The van der Waals surface area contributed by atoms with E-state index in [9.17, 15) is 4.79 Å². The first-order valence-corrected chi connectivity index (χ1v) is 13.1. The molecule has 200 valence electrons. The Kier molecular flexibility index (Phi) is 6.04. The third-order valence-corrected chi connectivity index (χ3v) is 7.96. The van der Waals surface area contributed by atoms with E-state index in [0.29, 0.717) is 5.82 Å². The van der Waals surface area contributed by atoms with E-state index >= 15 is 0 Å². The summed E-state index contributed by atoms with van der Waals surface area (Å²) in [5.41, 5.74) is 13.3. The third kappa shape index (κ3) is 4.31. The van der Waals surface area contributed by atoms with E-state index in [0.717, 1.165) is 52.0 Å². The van der Waals surface area contributed by atoms with E-state index < -0.39 is 5.91 Å². The summed E-state index contributed by atoms with van der Waals surface area (Å²) in [7, 11) is 1.85. The van der Waals surface area contributed by atoms with Crippen LogP contribution in [0.4, 0.5) is 5.82 Å². The second kappa shape index (κ2) is 8.89. The number of rotatable bonds is 5. The molecule has 0 bridgehead atoms. The van der Waals surface area contributed by atoms with Gasteiger partial charge in [0, 0.05) is 18.5 Å². The van der Waals surface area contributed by atoms with Gasteiger partial charge in [0.2, 0.25) is 0 Å². The Morgan fingerprint density at radius 3 is 2.47 bits per heavy atom. The van der Waals surface area contributed by atoms with Crippen molar-refractivity contribution in [2.45, 2.75) is 79.1 Å². The Morgan fingerprint density at radius 2 is 1.74 bits per heavy atom. The molecule has 0 saturated heterocycles. The van der Waals surface area contributed by atoms with Crippen LogP contribution >= 0.6 is 0 Å². The molecule has 5 rings (SSSR count). The predicted octanol–water partition coefficient (Wildman–Crippen LogP) is 6.69. The summed E-state index contributed by atoms with van der Waals surface area (Å²) in [6.45, 7) is 17.4. The van der Waals surface area contributed by atoms with Crippen molar-refractivity contribution in [3.05, 3.63) is 63.5 Å². The first kappa shape index (κ1) is 25.8. The van der Waals surface area contributed by atoms with Gasteiger partial charge in [0.05, 0.1) is 5.69 Å². The molecule has 3 heterocycles. The Bertz CT molecular complexity index is 1570. The fourth-order valence-electron chi connectivity index (χ4n) is 5.92. The summed E-state index contributed by atoms with van der Waals surface area (Å²) >= 11 is 0. The van der Waals surface area contributed by atoms with Crippen LogP contribution in [0.1, 0.15) is 84.6 Å². The van der Waals surface area contributed by atoms with Crippen molar-refractivity contribution in [2.75, 3.05) is 5.43 Å². The number of carbonyl (C=O) groups excluding carboxylic acids is 1. The van der Waals surface area contributed by atoms with Crippen LogP contribution in [-0.4, -0.2) is 20.7 Å². The second-order valence-electron chi connectivity index (χ2n) is 11.9. The SMILES string of the molecule is Cc1cc2c(c(C)c1Oc1ccc(C(=O)NNc3cc(C)c4c(C)nn(C)c4n3)o1)C(C)(C)CCC2(C)C. The highest BCUT2D eigenvalue weighted by Gasteiger charge is 2.39. The molecule has 2 N–H and O–H groups in total. The lowest BCUT2D eigenvalue weighted by molar-refractivity contribution is 0.0930. The zero-order valence-corrected chi connectivity index (χ0v) is 23.8. The van der Waals surface area contributed by atoms with Crippen LogP contribution in [0.15, 0.2) is 28.7 Å². The van der Waals surface area contributed by atoms with Crippen molar-refractivity contribution in [1.82, 2.24) is 20.2 Å². The number of aryl methyl sites for hydroxylation is 4. The third-order valence-electron chi connectivity index (χ3n) is 7.96. The molecule has 0 saturated carbocycles. The van der Waals surface area contributed by atoms with Crippen LogP contribution in [0, 0.1) is 27.7 Å². The maximum absolute atomic E-state index is 12.8. The molecule has 1 aliphatic carbocycles. The average molecular weight is 516 g/mol. The number of pyridine rings is 1. The van der Waals surface area contributed by atoms with Crippen LogP contribution in [-0.2, 0) is 17.9 Å². The van der Waals surface area contributed by atoms with Crippen molar-refractivity contribution in [3.8, 4) is 11.7 Å². The minimum Gasteiger partial charge on any atom is -0.425 e. The maximum atomic E-state index is 12.8. The molecule has 38 heavy (non-hydrogen) atoms. The van der Waals surface area contributed by atoms with Crippen molar-refractivity contribution in [1.29, 1.82) is 0 Å². The number of benzene rings is 1. The van der Waals surface area contributed by atoms with E-state index in [1.54, 1.807) is 16.8 Å². The molecule has 0 aliphatic heterocycles. The highest BCUT2D eigenvalue weighted by Crippen LogP contribution is 2.50. The summed E-state index contributed by atoms with van der Waals surface area (Å²) in [4.78, 5) is 17.4. The normalized spacial score (nSPS) is 15.8. The average Bonchev–Trinajstić information content (AvgIpc) is 3.42. The van der Waals surface area contributed by atoms with Crippen molar-refractivity contribution in [3.63, 3.8) is 0 Å². The lowest BCUT2D eigenvalue weighted by atomic mass is 9.61. The number of nitrogens with zero attached hydrogens (tertiary/aromatic N) is 3. The first-order chi connectivity index (χ1) is 17.8. The van der Waals surface area contributed by atoms with Crippen molar-refractivity contribution in [2.24, 2.45) is 7.05 Å². The van der Waals surface area contributed by atoms with Gasteiger partial charge in [-0.2, -0.15) is 5.10 Å². The summed E-state index contributed by atoms with van der Waals surface area (Å²) in [5, 5.41) is 5.44. The van der Waals surface area contributed by atoms with Gasteiger partial charge in [0.1, 0.15) is 11.6 Å². The van der Waals surface area contributed by atoms with Gasteiger partial charge < -0.3 is 9.15 Å². The fourth-order valence-corrected chi connectivity index (χ4v) is 5.92. The number of hydrazine groups is 1. The molecule has 1 amide bonds. The number of amides is 1. The number of carbonyl (C=O) groups is 1. The van der Waals surface area contributed by atoms with E-state index in [1.165, 1.54) is 11.1 Å². The Balaban J connectivity index is 1.34. The van der Waals surface area contributed by atoms with E-state index in [-0.39, 0.29) is 22.5 Å². The second-order valence-corrected chi connectivity index (χ2v) is 11.9. The zero-order valence-electron chi connectivity index (χ0n) is 23.8. The molecule has 0 unspecified atom stereocenters. The summed E-state index contributed by atoms with van der Waals surface area (Å²) in [5.74, 6) is 1.28. The topological polar surface area (TPSA) is 94.2 Å². The fraction of sp³-hybridized carbons (Fsp3) is 0.433. The number of aromatic nitrogens is 3. The molecular weight excluding hydrogens is 478 g/mol. The Labute approximate surface area is 223 Å². The van der Waals surface area contributed by atoms with Crippen LogP contribution in [0.5, 0.6) is 11.7 Å². The van der Waals surface area contributed by atoms with Gasteiger partial charge in [-0.1, -0.05) is 33.8 Å². The molecule has 3 aromatic heterocycles. The number of hydrogen-bond donors (Lipinski definition) is 2. The number of furan rings is 1. The molecule has 1 aliphatic rings. The number of hydrogen-bond acceptors (Lipinski definition) is 6. The molecule has 4 aromatic rings. The van der Waals surface area contributed by atoms with Gasteiger partial charge >= 0.3 is 5.91 Å². The monoisotopic (exact) mass is 515 g/mol. The molecule has 0 radical (unpaired) electrons. The smallest absolute Gasteiger partial charge is 0.305 e. The number of ether oxygens (including phenoxy) is 1. The molecule has 8 nitrogen and oxygen atoms in total. The van der Waals surface area contributed by atoms with Crippen LogP contribution < -0.4 is 15.6 Å². The molecular formula is C30H37N5O3. The van der Waals surface area contributed by atoms with Gasteiger partial charge in [0.15, 0.2) is 11.4 Å². The largest absolute Gasteiger partial charge is 0.425 e. The van der Waals surface area contributed by atoms with Crippen LogP contribution in [0.3, 0.4) is 0 Å². The molecule has 1 aromatic carbocycles. The van der Waals surface area contributed by atoms with Gasteiger partial charge in [-0.05, 0) is 91.3 Å². The minimum absolute atomic E-state index is 0.0597. The van der Waals surface area contributed by atoms with E-state index in [1.807, 2.05) is 27.0 Å². The highest BCUT2D eigenvalue weighted by molar-refractivity contribution is 5.92. The number of fused-ring (bicyclic) bond motifs is 2. The van der Waals surface area contributed by atoms with Gasteiger partial charge in [0.25, 0.3) is 5.95 Å². The zero-order chi connectivity index (χ0) is 27.6. The Hall–Kier alpha value is -3.81. The predicted molar refractivity (Wildman–Crippen MR) is 149 cm³/mol. The number of anilines is 1. The standard InChI is InChI=1S/C30H37N5O3/c1-16-15-22(31-27-24(16)19(4)34-35(27)9)32-33-28(36)21-10-11-23(37-21)38-26-17(2)14-20-25(18(26)3)30(7,8)13-12-29(20,5)6/h10-11,14-15H,12-13H2,1-9H3,(H,31,32)(H,33,36). The quantitative estimate of drug-likeness (QED) is 0.288. The van der Waals surface area contributed by atoms with E-state index in [2.05, 4.69) is 68.5 Å². The van der Waals surface area contributed by atoms with Gasteiger partial charge in [-0.15, -0.1) is 0 Å². The van der Waals surface area contributed by atoms with Crippen LogP contribution in [0.2, 0.25) is 0 Å². The van der Waals surface area contributed by atoms with Crippen LogP contribution in [0.25, 0.3) is 11.0 Å². The molecule has 8 heteroatoms.